The highest BCUT2D eigenvalue weighted by Crippen LogP contribution is 2.19. The maximum Gasteiger partial charge on any atom is 0.338 e. The summed E-state index contributed by atoms with van der Waals surface area (Å²) in [6, 6.07) is 4.99. The number of methoxy groups -OCH3 is 1. The van der Waals surface area contributed by atoms with Crippen LogP contribution in [0.3, 0.4) is 0 Å². The van der Waals surface area contributed by atoms with Crippen molar-refractivity contribution < 1.29 is 23.9 Å². The second kappa shape index (κ2) is 7.81. The first-order valence-corrected chi connectivity index (χ1v) is 7.77. The van der Waals surface area contributed by atoms with Gasteiger partial charge in [-0.2, -0.15) is 0 Å². The largest absolute Gasteiger partial charge is 0.496 e. The molecule has 1 fully saturated rings. The molecule has 7 heteroatoms. The molecule has 0 N–H and O–H groups in total. The van der Waals surface area contributed by atoms with Crippen LogP contribution in [0.5, 0.6) is 5.75 Å². The van der Waals surface area contributed by atoms with E-state index in [0.29, 0.717) is 37.5 Å². The van der Waals surface area contributed by atoms with Gasteiger partial charge in [-0.15, -0.1) is 0 Å². The molecule has 1 heterocycles. The summed E-state index contributed by atoms with van der Waals surface area (Å²) in [4.78, 5) is 38.7. The van der Waals surface area contributed by atoms with E-state index in [9.17, 15) is 14.4 Å². The van der Waals surface area contributed by atoms with Gasteiger partial charge in [0.25, 0.3) is 5.91 Å². The first kappa shape index (κ1) is 17.8. The highest BCUT2D eigenvalue weighted by molar-refractivity contribution is 5.92. The predicted molar refractivity (Wildman–Crippen MR) is 86.8 cm³/mol. The quantitative estimate of drug-likeness (QED) is 0.763. The van der Waals surface area contributed by atoms with E-state index in [1.165, 1.54) is 14.0 Å². The summed E-state index contributed by atoms with van der Waals surface area (Å²) >= 11 is 0. The number of hydrogen-bond donors (Lipinski definition) is 0. The molecule has 0 unspecified atom stereocenters. The molecule has 1 aromatic rings. The predicted octanol–water partition coefficient (Wildman–Crippen LogP) is 0.851. The van der Waals surface area contributed by atoms with Gasteiger partial charge < -0.3 is 19.3 Å². The van der Waals surface area contributed by atoms with Gasteiger partial charge in [-0.25, -0.2) is 4.79 Å². The molecule has 1 aliphatic rings. The van der Waals surface area contributed by atoms with Gasteiger partial charge in [-0.1, -0.05) is 6.07 Å². The van der Waals surface area contributed by atoms with Gasteiger partial charge in [-0.05, 0) is 24.6 Å². The minimum absolute atomic E-state index is 0.00171. The number of hydrogen-bond acceptors (Lipinski definition) is 5. The zero-order chi connectivity index (χ0) is 17.7. The molecular formula is C17H22N2O5. The Hall–Kier alpha value is -2.57. The third-order valence-electron chi connectivity index (χ3n) is 4.05. The molecule has 7 nitrogen and oxygen atoms in total. The van der Waals surface area contributed by atoms with Crippen LogP contribution in [-0.2, 0) is 14.3 Å². The average Bonchev–Trinajstić information content (AvgIpc) is 2.59. The summed E-state index contributed by atoms with van der Waals surface area (Å²) in [7, 11) is 1.53. The van der Waals surface area contributed by atoms with E-state index in [1.54, 1.807) is 28.0 Å². The number of benzene rings is 1. The third-order valence-corrected chi connectivity index (χ3v) is 4.05. The van der Waals surface area contributed by atoms with Crippen LogP contribution in [-0.4, -0.2) is 67.5 Å². The van der Waals surface area contributed by atoms with Gasteiger partial charge in [-0.3, -0.25) is 9.59 Å². The molecular weight excluding hydrogens is 312 g/mol. The van der Waals surface area contributed by atoms with Gasteiger partial charge in [0.15, 0.2) is 6.61 Å². The maximum atomic E-state index is 12.1. The number of esters is 1. The van der Waals surface area contributed by atoms with Crippen LogP contribution in [0.4, 0.5) is 0 Å². The molecule has 130 valence electrons. The van der Waals surface area contributed by atoms with Gasteiger partial charge in [0.2, 0.25) is 5.91 Å². The van der Waals surface area contributed by atoms with Gasteiger partial charge in [0, 0.05) is 33.1 Å². The van der Waals surface area contributed by atoms with Crippen LogP contribution in [0.25, 0.3) is 0 Å². The second-order valence-corrected chi connectivity index (χ2v) is 5.65. The fraction of sp³-hybridized carbons (Fsp3) is 0.471. The first-order chi connectivity index (χ1) is 11.4. The Labute approximate surface area is 141 Å². The van der Waals surface area contributed by atoms with E-state index in [1.807, 2.05) is 6.92 Å². The van der Waals surface area contributed by atoms with E-state index in [-0.39, 0.29) is 18.4 Å². The van der Waals surface area contributed by atoms with E-state index >= 15 is 0 Å². The van der Waals surface area contributed by atoms with E-state index in [4.69, 9.17) is 9.47 Å². The number of amides is 2. The molecule has 1 aliphatic heterocycles. The van der Waals surface area contributed by atoms with Crippen molar-refractivity contribution >= 4 is 17.8 Å². The lowest BCUT2D eigenvalue weighted by atomic mass is 10.1. The van der Waals surface area contributed by atoms with E-state index < -0.39 is 5.97 Å². The SMILES string of the molecule is COc1cc(C(=O)OCC(=O)N2CCN(C(C)=O)CC2)ccc1C. The summed E-state index contributed by atoms with van der Waals surface area (Å²) in [5.41, 5.74) is 1.25. The lowest BCUT2D eigenvalue weighted by Crippen LogP contribution is -2.51. The Balaban J connectivity index is 1.86. The van der Waals surface area contributed by atoms with Gasteiger partial charge >= 0.3 is 5.97 Å². The monoisotopic (exact) mass is 334 g/mol. The number of aryl methyl sites for hydroxylation is 1. The van der Waals surface area contributed by atoms with E-state index in [2.05, 4.69) is 0 Å². The number of carbonyl (C=O) groups excluding carboxylic acids is 3. The standard InChI is InChI=1S/C17H22N2O5/c1-12-4-5-14(10-15(12)23-3)17(22)24-11-16(21)19-8-6-18(7-9-19)13(2)20/h4-5,10H,6-9,11H2,1-3H3. The summed E-state index contributed by atoms with van der Waals surface area (Å²) in [6.07, 6.45) is 0. The maximum absolute atomic E-state index is 12.1. The Morgan fingerprint density at radius 3 is 2.29 bits per heavy atom. The summed E-state index contributed by atoms with van der Waals surface area (Å²) < 4.78 is 10.3. The Kier molecular flexibility index (Phi) is 5.78. The zero-order valence-corrected chi connectivity index (χ0v) is 14.2. The van der Waals surface area contributed by atoms with Crippen LogP contribution in [0, 0.1) is 6.92 Å². The molecule has 24 heavy (non-hydrogen) atoms. The normalized spacial score (nSPS) is 14.3. The van der Waals surface area contributed by atoms with Crippen LogP contribution >= 0.6 is 0 Å². The number of ether oxygens (including phenoxy) is 2. The zero-order valence-electron chi connectivity index (χ0n) is 14.2. The number of rotatable bonds is 4. The van der Waals surface area contributed by atoms with Crippen molar-refractivity contribution in [3.05, 3.63) is 29.3 Å². The molecule has 0 aliphatic carbocycles. The Morgan fingerprint density at radius 2 is 1.71 bits per heavy atom. The van der Waals surface area contributed by atoms with Crippen molar-refractivity contribution in [2.75, 3.05) is 39.9 Å². The fourth-order valence-electron chi connectivity index (χ4n) is 2.52. The second-order valence-electron chi connectivity index (χ2n) is 5.65. The molecule has 1 aromatic carbocycles. The van der Waals surface area contributed by atoms with Crippen molar-refractivity contribution in [2.24, 2.45) is 0 Å². The van der Waals surface area contributed by atoms with Crippen LogP contribution in [0.15, 0.2) is 18.2 Å². The fourth-order valence-corrected chi connectivity index (χ4v) is 2.52. The topological polar surface area (TPSA) is 76.2 Å². The number of piperazine rings is 1. The smallest absolute Gasteiger partial charge is 0.338 e. The average molecular weight is 334 g/mol. The minimum Gasteiger partial charge on any atom is -0.496 e. The van der Waals surface area contributed by atoms with Crippen LogP contribution < -0.4 is 4.74 Å². The Morgan fingerprint density at radius 1 is 1.08 bits per heavy atom. The Bertz CT molecular complexity index is 636. The highest BCUT2D eigenvalue weighted by Gasteiger charge is 2.23. The molecule has 2 amide bonds. The van der Waals surface area contributed by atoms with Crippen LogP contribution in [0.1, 0.15) is 22.8 Å². The van der Waals surface area contributed by atoms with E-state index in [0.717, 1.165) is 5.56 Å². The molecule has 0 bridgehead atoms. The molecule has 0 radical (unpaired) electrons. The highest BCUT2D eigenvalue weighted by atomic mass is 16.5. The van der Waals surface area contributed by atoms with Gasteiger partial charge in [0.1, 0.15) is 5.75 Å². The molecule has 0 saturated carbocycles. The first-order valence-electron chi connectivity index (χ1n) is 7.77. The van der Waals surface area contributed by atoms with Crippen molar-refractivity contribution in [1.29, 1.82) is 0 Å². The molecule has 2 rings (SSSR count). The molecule has 1 saturated heterocycles. The lowest BCUT2D eigenvalue weighted by molar-refractivity contribution is -0.140. The van der Waals surface area contributed by atoms with Crippen molar-refractivity contribution in [1.82, 2.24) is 9.80 Å². The van der Waals surface area contributed by atoms with Gasteiger partial charge in [0.05, 0.1) is 12.7 Å². The lowest BCUT2D eigenvalue weighted by Gasteiger charge is -2.34. The van der Waals surface area contributed by atoms with Crippen molar-refractivity contribution in [3.8, 4) is 5.75 Å². The third kappa shape index (κ3) is 4.24. The molecule has 0 spiro atoms. The summed E-state index contributed by atoms with van der Waals surface area (Å²) in [5, 5.41) is 0. The molecule has 0 aromatic heterocycles. The minimum atomic E-state index is -0.566. The summed E-state index contributed by atoms with van der Waals surface area (Å²) in [6.45, 7) is 4.99. The number of nitrogens with zero attached hydrogens (tertiary/aromatic N) is 2. The van der Waals surface area contributed by atoms with Crippen LogP contribution in [0.2, 0.25) is 0 Å². The summed E-state index contributed by atoms with van der Waals surface area (Å²) in [5.74, 6) is -0.229. The molecule has 0 atom stereocenters. The van der Waals surface area contributed by atoms with Crippen molar-refractivity contribution in [2.45, 2.75) is 13.8 Å². The number of carbonyl (C=O) groups is 3. The van der Waals surface area contributed by atoms with Crippen molar-refractivity contribution in [3.63, 3.8) is 0 Å².